The van der Waals surface area contributed by atoms with Crippen LogP contribution in [-0.4, -0.2) is 0 Å². The van der Waals surface area contributed by atoms with Crippen LogP contribution in [-0.2, 0) is 4.57 Å². The monoisotopic (exact) mass is 377 g/mol. The number of H-pyrrole nitrogens is 3. The lowest BCUT2D eigenvalue weighted by Gasteiger charge is -2.36. The predicted molar refractivity (Wildman–Crippen MR) is 90.8 cm³/mol. The molecule has 0 aliphatic heterocycles. The van der Waals surface area contributed by atoms with E-state index in [1.54, 1.807) is 0 Å². The fourth-order valence-corrected chi connectivity index (χ4v) is 1.45. The third-order valence-electron chi connectivity index (χ3n) is 2.59. The first kappa shape index (κ1) is 23.6. The summed E-state index contributed by atoms with van der Waals surface area (Å²) >= 11 is 0. The first-order chi connectivity index (χ1) is 12.2. The molecule has 0 saturated carbocycles. The number of aryl methyl sites for hydroxylation is 3. The van der Waals surface area contributed by atoms with Crippen LogP contribution in [0.2, 0.25) is 0 Å². The van der Waals surface area contributed by atoms with Crippen LogP contribution in [0, 0.1) is 20.8 Å². The Balaban J connectivity index is 0.000000324. The Morgan fingerprint density at radius 1 is 0.615 bits per heavy atom. The molecule has 0 amide bonds. The molecule has 0 aromatic carbocycles. The minimum absolute atomic E-state index is 1.20. The van der Waals surface area contributed by atoms with Crippen molar-refractivity contribution in [3.63, 3.8) is 0 Å². The number of pyridine rings is 3. The van der Waals surface area contributed by atoms with Gasteiger partial charge in [-0.05, 0) is 0 Å². The fourth-order valence-electron chi connectivity index (χ4n) is 1.45. The lowest BCUT2D eigenvalue weighted by atomic mass is 10.4. The van der Waals surface area contributed by atoms with Gasteiger partial charge in [0.2, 0.25) is 0 Å². The minimum Gasteiger partial charge on any atom is -0.822 e. The Morgan fingerprint density at radius 3 is 0.923 bits per heavy atom. The van der Waals surface area contributed by atoms with E-state index in [1.165, 1.54) is 17.1 Å². The molecule has 0 aliphatic rings. The summed E-state index contributed by atoms with van der Waals surface area (Å²) in [4.78, 5) is 34.7. The van der Waals surface area contributed by atoms with E-state index in [1.807, 2.05) is 94.0 Å². The quantitative estimate of drug-likeness (QED) is 0.494. The Kier molecular flexibility index (Phi) is 12.5. The van der Waals surface area contributed by atoms with Gasteiger partial charge in [0.15, 0.2) is 35.7 Å². The summed E-state index contributed by atoms with van der Waals surface area (Å²) in [6, 6.07) is 18.0. The van der Waals surface area contributed by atoms with Crippen LogP contribution in [0.3, 0.4) is 0 Å². The van der Waals surface area contributed by atoms with E-state index in [0.29, 0.717) is 0 Å². The Hall–Kier alpha value is -2.44. The molecule has 0 unspecified atom stereocenters. The van der Waals surface area contributed by atoms with Crippen molar-refractivity contribution in [2.75, 3.05) is 0 Å². The van der Waals surface area contributed by atoms with Crippen LogP contribution >= 0.6 is 7.82 Å². The van der Waals surface area contributed by atoms with Crippen LogP contribution < -0.4 is 29.6 Å². The highest BCUT2D eigenvalue weighted by molar-refractivity contribution is 7.40. The van der Waals surface area contributed by atoms with E-state index < -0.39 is 7.82 Å². The molecule has 0 radical (unpaired) electrons. The maximum Gasteiger partial charge on any atom is 0.176 e. The van der Waals surface area contributed by atoms with Gasteiger partial charge in [-0.15, -0.1) is 0 Å². The molecule has 3 rings (SSSR count). The predicted octanol–water partition coefficient (Wildman–Crippen LogP) is -0.397. The number of hydrogen-bond acceptors (Lipinski definition) is 4. The molecule has 0 spiro atoms. The number of hydrogen-bond donors (Lipinski definition) is 0. The number of nitrogens with one attached hydrogen (secondary N) is 3. The Labute approximate surface area is 153 Å². The van der Waals surface area contributed by atoms with Gasteiger partial charge < -0.3 is 19.2 Å². The van der Waals surface area contributed by atoms with Crippen molar-refractivity contribution in [1.29, 1.82) is 0 Å². The van der Waals surface area contributed by atoms with Crippen molar-refractivity contribution in [2.24, 2.45) is 0 Å². The fraction of sp³-hybridized carbons (Fsp3) is 0.167. The molecule has 0 atom stereocenters. The van der Waals surface area contributed by atoms with Crippen molar-refractivity contribution < 1.29 is 34.2 Å². The zero-order valence-corrected chi connectivity index (χ0v) is 15.9. The summed E-state index contributed by atoms with van der Waals surface area (Å²) in [6.07, 6.45) is 5.74. The van der Waals surface area contributed by atoms with Gasteiger partial charge in [-0.3, -0.25) is 0 Å². The second-order valence-electron chi connectivity index (χ2n) is 5.08. The highest BCUT2D eigenvalue weighted by atomic mass is 31.2. The van der Waals surface area contributed by atoms with Gasteiger partial charge in [0, 0.05) is 57.2 Å². The number of rotatable bonds is 0. The number of aromatic nitrogens is 3. The highest BCUT2D eigenvalue weighted by Crippen LogP contribution is 2.03. The number of phosphoric acid groups is 1. The first-order valence-corrected chi connectivity index (χ1v) is 9.17. The molecule has 0 saturated heterocycles. The summed E-state index contributed by atoms with van der Waals surface area (Å²) in [7, 11) is -5.39. The molecule has 0 bridgehead atoms. The van der Waals surface area contributed by atoms with Gasteiger partial charge in [0.05, 0.1) is 0 Å². The Bertz CT molecular complexity index is 641. The van der Waals surface area contributed by atoms with Gasteiger partial charge in [0.25, 0.3) is 0 Å². The highest BCUT2D eigenvalue weighted by Gasteiger charge is 1.82. The molecule has 0 aliphatic carbocycles. The second-order valence-corrected chi connectivity index (χ2v) is 5.98. The largest absolute Gasteiger partial charge is 0.822 e. The molecule has 140 valence electrons. The molecular formula is C18H24N3O4P. The summed E-state index contributed by atoms with van der Waals surface area (Å²) in [5.74, 6) is 0. The maximum absolute atomic E-state index is 8.55. The molecule has 3 N–H and O–H groups in total. The van der Waals surface area contributed by atoms with E-state index >= 15 is 0 Å². The van der Waals surface area contributed by atoms with Crippen LogP contribution in [0.1, 0.15) is 17.1 Å². The lowest BCUT2D eigenvalue weighted by Crippen LogP contribution is -2.24. The minimum atomic E-state index is -5.39. The summed E-state index contributed by atoms with van der Waals surface area (Å²) in [5, 5.41) is 0. The van der Waals surface area contributed by atoms with Crippen LogP contribution in [0.4, 0.5) is 0 Å². The standard InChI is InChI=1S/3C6H7N.H3O4P/c3*1-6-4-2-3-5-7-6;1-5(2,3)4/h3*2-5H,1H3;(H3,1,2,3,4). The van der Waals surface area contributed by atoms with Gasteiger partial charge in [-0.2, -0.15) is 7.82 Å². The lowest BCUT2D eigenvalue weighted by molar-refractivity contribution is -0.432. The van der Waals surface area contributed by atoms with Crippen LogP contribution in [0.15, 0.2) is 73.2 Å². The van der Waals surface area contributed by atoms with Crippen LogP contribution in [0.5, 0.6) is 0 Å². The normalized spacial score (nSPS) is 9.31. The van der Waals surface area contributed by atoms with E-state index in [0.717, 1.165) is 0 Å². The van der Waals surface area contributed by atoms with E-state index in [9.17, 15) is 0 Å². The third kappa shape index (κ3) is 19.6. The summed E-state index contributed by atoms with van der Waals surface area (Å²) in [6.45, 7) is 6.08. The van der Waals surface area contributed by atoms with Crippen LogP contribution in [0.25, 0.3) is 0 Å². The van der Waals surface area contributed by atoms with Crippen molar-refractivity contribution in [1.82, 2.24) is 0 Å². The zero-order chi connectivity index (χ0) is 19.8. The average molecular weight is 377 g/mol. The van der Waals surface area contributed by atoms with E-state index in [4.69, 9.17) is 19.2 Å². The SMILES string of the molecule is Cc1cccc[nH+]1.Cc1cccc[nH+]1.Cc1cccc[nH+]1.O=P([O-])([O-])[O-]. The summed E-state index contributed by atoms with van der Waals surface area (Å²) in [5.41, 5.74) is 3.59. The van der Waals surface area contributed by atoms with E-state index in [-0.39, 0.29) is 0 Å². The smallest absolute Gasteiger partial charge is 0.176 e. The van der Waals surface area contributed by atoms with Gasteiger partial charge in [-0.1, -0.05) is 18.2 Å². The second kappa shape index (κ2) is 13.8. The molecule has 3 heterocycles. The average Bonchev–Trinajstić information content (AvgIpc) is 2.57. The van der Waals surface area contributed by atoms with Gasteiger partial charge in [0.1, 0.15) is 0 Å². The van der Waals surface area contributed by atoms with Gasteiger partial charge in [-0.25, -0.2) is 15.0 Å². The molecule has 0 fully saturated rings. The Morgan fingerprint density at radius 2 is 0.846 bits per heavy atom. The molecule has 26 heavy (non-hydrogen) atoms. The first-order valence-electron chi connectivity index (χ1n) is 7.71. The summed E-state index contributed by atoms with van der Waals surface area (Å²) < 4.78 is 8.55. The van der Waals surface area contributed by atoms with Gasteiger partial charge >= 0.3 is 0 Å². The van der Waals surface area contributed by atoms with Crippen molar-refractivity contribution in [3.05, 3.63) is 90.3 Å². The van der Waals surface area contributed by atoms with Crippen molar-refractivity contribution in [2.45, 2.75) is 20.8 Å². The number of aromatic amines is 3. The molecule has 7 nitrogen and oxygen atoms in total. The van der Waals surface area contributed by atoms with E-state index in [2.05, 4.69) is 15.0 Å². The zero-order valence-electron chi connectivity index (χ0n) is 15.0. The molecule has 3 aromatic heterocycles. The molecule has 8 heteroatoms. The maximum atomic E-state index is 8.55. The van der Waals surface area contributed by atoms with Crippen molar-refractivity contribution in [3.8, 4) is 0 Å². The molecular weight excluding hydrogens is 353 g/mol. The third-order valence-corrected chi connectivity index (χ3v) is 2.59. The van der Waals surface area contributed by atoms with Crippen molar-refractivity contribution >= 4 is 7.82 Å². The molecule has 3 aromatic rings. The topological polar surface area (TPSA) is 129 Å².